The molecule has 0 bridgehead atoms. The lowest BCUT2D eigenvalue weighted by Gasteiger charge is -2.26. The van der Waals surface area contributed by atoms with E-state index >= 15 is 0 Å². The van der Waals surface area contributed by atoms with Crippen LogP contribution >= 0.6 is 11.6 Å². The summed E-state index contributed by atoms with van der Waals surface area (Å²) in [7, 11) is -2.38. The maximum atomic E-state index is 12.9. The fourth-order valence-corrected chi connectivity index (χ4v) is 4.91. The third kappa shape index (κ3) is 3.87. The Kier molecular flexibility index (Phi) is 5.01. The second kappa shape index (κ2) is 6.95. The molecule has 2 N–H and O–H groups in total. The molecule has 7 heteroatoms. The highest BCUT2D eigenvalue weighted by molar-refractivity contribution is 7.89. The van der Waals surface area contributed by atoms with Gasteiger partial charge in [-0.1, -0.05) is 29.8 Å². The van der Waals surface area contributed by atoms with Gasteiger partial charge in [0, 0.05) is 27.7 Å². The SMILES string of the molecule is COc1ccc(Cl)cc1S(=O)(=O)NC(C)(C)Cc1c[nH]c2ccccc12. The molecular formula is C19H21ClN2O3S. The van der Waals surface area contributed by atoms with Gasteiger partial charge in [-0.2, -0.15) is 0 Å². The van der Waals surface area contributed by atoms with Crippen molar-refractivity contribution >= 4 is 32.5 Å². The Morgan fingerprint density at radius 3 is 2.65 bits per heavy atom. The van der Waals surface area contributed by atoms with Gasteiger partial charge in [0.25, 0.3) is 0 Å². The van der Waals surface area contributed by atoms with Crippen LogP contribution in [0, 0.1) is 0 Å². The minimum atomic E-state index is -3.81. The lowest BCUT2D eigenvalue weighted by molar-refractivity contribution is 0.400. The number of methoxy groups -OCH3 is 1. The summed E-state index contributed by atoms with van der Waals surface area (Å²) in [5, 5.41) is 1.42. The highest BCUT2D eigenvalue weighted by Gasteiger charge is 2.29. The molecule has 5 nitrogen and oxygen atoms in total. The fourth-order valence-electron chi connectivity index (χ4n) is 3.07. The first-order valence-corrected chi connectivity index (χ1v) is 10.0. The number of fused-ring (bicyclic) bond motifs is 1. The predicted octanol–water partition coefficient (Wildman–Crippen LogP) is 4.13. The molecule has 1 aromatic heterocycles. The Morgan fingerprint density at radius 1 is 1.19 bits per heavy atom. The van der Waals surface area contributed by atoms with Gasteiger partial charge >= 0.3 is 0 Å². The van der Waals surface area contributed by atoms with Crippen LogP contribution < -0.4 is 9.46 Å². The average molecular weight is 393 g/mol. The third-order valence-electron chi connectivity index (χ3n) is 4.13. The number of rotatable bonds is 6. The fraction of sp³-hybridized carbons (Fsp3) is 0.263. The lowest BCUT2D eigenvalue weighted by atomic mass is 9.96. The summed E-state index contributed by atoms with van der Waals surface area (Å²) < 4.78 is 33.8. The average Bonchev–Trinajstić information content (AvgIpc) is 2.96. The van der Waals surface area contributed by atoms with Gasteiger partial charge in [0.1, 0.15) is 10.6 Å². The molecule has 0 aliphatic heterocycles. The molecule has 0 fully saturated rings. The van der Waals surface area contributed by atoms with E-state index in [4.69, 9.17) is 16.3 Å². The van der Waals surface area contributed by atoms with Gasteiger partial charge in [0.15, 0.2) is 0 Å². The van der Waals surface area contributed by atoms with Gasteiger partial charge < -0.3 is 9.72 Å². The van der Waals surface area contributed by atoms with E-state index in [0.29, 0.717) is 11.4 Å². The second-order valence-electron chi connectivity index (χ2n) is 6.82. The van der Waals surface area contributed by atoms with E-state index in [1.807, 2.05) is 44.3 Å². The number of para-hydroxylation sites is 1. The van der Waals surface area contributed by atoms with Crippen LogP contribution in [0.3, 0.4) is 0 Å². The number of H-pyrrole nitrogens is 1. The molecule has 0 aliphatic carbocycles. The highest BCUT2D eigenvalue weighted by atomic mass is 35.5. The van der Waals surface area contributed by atoms with E-state index in [1.54, 1.807) is 12.1 Å². The van der Waals surface area contributed by atoms with Crippen molar-refractivity contribution in [3.63, 3.8) is 0 Å². The number of hydrogen-bond donors (Lipinski definition) is 2. The van der Waals surface area contributed by atoms with Gasteiger partial charge in [0.05, 0.1) is 7.11 Å². The molecule has 0 aliphatic rings. The lowest BCUT2D eigenvalue weighted by Crippen LogP contribution is -2.45. The topological polar surface area (TPSA) is 71.2 Å². The predicted molar refractivity (Wildman–Crippen MR) is 104 cm³/mol. The molecule has 0 radical (unpaired) electrons. The first kappa shape index (κ1) is 18.8. The van der Waals surface area contributed by atoms with Gasteiger partial charge in [-0.05, 0) is 50.1 Å². The molecular weight excluding hydrogens is 372 g/mol. The number of ether oxygens (including phenoxy) is 1. The summed E-state index contributed by atoms with van der Waals surface area (Å²) in [6, 6.07) is 12.5. The van der Waals surface area contributed by atoms with Crippen molar-refractivity contribution in [3.8, 4) is 5.75 Å². The van der Waals surface area contributed by atoms with Gasteiger partial charge in [-0.15, -0.1) is 0 Å². The summed E-state index contributed by atoms with van der Waals surface area (Å²) in [5.41, 5.74) is 1.36. The van der Waals surface area contributed by atoms with E-state index < -0.39 is 15.6 Å². The minimum Gasteiger partial charge on any atom is -0.495 e. The summed E-state index contributed by atoms with van der Waals surface area (Å²) in [6.07, 6.45) is 2.44. The number of aromatic amines is 1. The number of benzene rings is 2. The molecule has 0 unspecified atom stereocenters. The van der Waals surface area contributed by atoms with E-state index in [1.165, 1.54) is 13.2 Å². The quantitative estimate of drug-likeness (QED) is 0.662. The highest BCUT2D eigenvalue weighted by Crippen LogP contribution is 2.29. The summed E-state index contributed by atoms with van der Waals surface area (Å²) >= 11 is 5.98. The van der Waals surface area contributed by atoms with Crippen molar-refractivity contribution in [1.82, 2.24) is 9.71 Å². The molecule has 0 amide bonds. The van der Waals surface area contributed by atoms with E-state index in [9.17, 15) is 8.42 Å². The van der Waals surface area contributed by atoms with Crippen LogP contribution in [0.1, 0.15) is 19.4 Å². The van der Waals surface area contributed by atoms with Crippen LogP contribution in [0.5, 0.6) is 5.75 Å². The molecule has 138 valence electrons. The van der Waals surface area contributed by atoms with Crippen molar-refractivity contribution in [2.45, 2.75) is 30.7 Å². The van der Waals surface area contributed by atoms with E-state index in [0.717, 1.165) is 16.5 Å². The van der Waals surface area contributed by atoms with Crippen LogP contribution in [0.15, 0.2) is 53.6 Å². The zero-order valence-electron chi connectivity index (χ0n) is 14.8. The molecule has 3 rings (SSSR count). The van der Waals surface area contributed by atoms with E-state index in [2.05, 4.69) is 9.71 Å². The third-order valence-corrected chi connectivity index (χ3v) is 6.09. The molecule has 1 heterocycles. The van der Waals surface area contributed by atoms with Gasteiger partial charge in [-0.3, -0.25) is 0 Å². The van der Waals surface area contributed by atoms with Crippen LogP contribution in [-0.4, -0.2) is 26.1 Å². The summed E-state index contributed by atoms with van der Waals surface area (Å²) in [4.78, 5) is 3.24. The van der Waals surface area contributed by atoms with E-state index in [-0.39, 0.29) is 10.6 Å². The van der Waals surface area contributed by atoms with Gasteiger partial charge in [0.2, 0.25) is 10.0 Å². The Bertz CT molecular complexity index is 1040. The number of hydrogen-bond acceptors (Lipinski definition) is 3. The number of sulfonamides is 1. The Labute approximate surface area is 158 Å². The molecule has 0 atom stereocenters. The van der Waals surface area contributed by atoms with Crippen LogP contribution in [0.25, 0.3) is 10.9 Å². The van der Waals surface area contributed by atoms with Crippen molar-refractivity contribution in [2.75, 3.05) is 7.11 Å². The smallest absolute Gasteiger partial charge is 0.244 e. The Balaban J connectivity index is 1.90. The molecule has 2 aromatic carbocycles. The molecule has 26 heavy (non-hydrogen) atoms. The normalized spacial score (nSPS) is 12.5. The summed E-state index contributed by atoms with van der Waals surface area (Å²) in [5.74, 6) is 0.254. The number of halogens is 1. The number of nitrogens with one attached hydrogen (secondary N) is 2. The Hall–Kier alpha value is -2.02. The molecule has 0 spiro atoms. The van der Waals surface area contributed by atoms with Gasteiger partial charge in [-0.25, -0.2) is 13.1 Å². The van der Waals surface area contributed by atoms with Crippen molar-refractivity contribution in [3.05, 3.63) is 59.2 Å². The van der Waals surface area contributed by atoms with Crippen LogP contribution in [-0.2, 0) is 16.4 Å². The second-order valence-corrected chi connectivity index (χ2v) is 8.91. The molecule has 0 saturated carbocycles. The standard InChI is InChI=1S/C19H21ClN2O3S/c1-19(2,11-13-12-21-16-7-5-4-6-15(13)16)22-26(23,24)18-10-14(20)8-9-17(18)25-3/h4-10,12,21-22H,11H2,1-3H3. The first-order chi connectivity index (χ1) is 12.2. The summed E-state index contributed by atoms with van der Waals surface area (Å²) in [6.45, 7) is 3.70. The monoisotopic (exact) mass is 392 g/mol. The number of aromatic nitrogens is 1. The zero-order chi connectivity index (χ0) is 18.9. The van der Waals surface area contributed by atoms with Crippen molar-refractivity contribution in [1.29, 1.82) is 0 Å². The van der Waals surface area contributed by atoms with Crippen molar-refractivity contribution < 1.29 is 13.2 Å². The minimum absolute atomic E-state index is 0.0273. The maximum absolute atomic E-state index is 12.9. The molecule has 3 aromatic rings. The van der Waals surface area contributed by atoms with Crippen LogP contribution in [0.2, 0.25) is 5.02 Å². The Morgan fingerprint density at radius 2 is 1.92 bits per heavy atom. The van der Waals surface area contributed by atoms with Crippen molar-refractivity contribution in [2.24, 2.45) is 0 Å². The van der Waals surface area contributed by atoms with Crippen LogP contribution in [0.4, 0.5) is 0 Å². The first-order valence-electron chi connectivity index (χ1n) is 8.14. The maximum Gasteiger partial charge on any atom is 0.244 e. The zero-order valence-corrected chi connectivity index (χ0v) is 16.4. The largest absolute Gasteiger partial charge is 0.495 e. The molecule has 0 saturated heterocycles.